The van der Waals surface area contributed by atoms with Crippen molar-refractivity contribution in [2.45, 2.75) is 43.5 Å². The maximum Gasteiger partial charge on any atom is 0.242 e. The van der Waals surface area contributed by atoms with Gasteiger partial charge in [0.05, 0.1) is 10.9 Å². The van der Waals surface area contributed by atoms with Gasteiger partial charge < -0.3 is 9.84 Å². The second-order valence-corrected chi connectivity index (χ2v) is 9.09. The van der Waals surface area contributed by atoms with Crippen LogP contribution in [0.25, 0.3) is 11.4 Å². The van der Waals surface area contributed by atoms with Crippen LogP contribution in [0.5, 0.6) is 0 Å². The van der Waals surface area contributed by atoms with Crippen molar-refractivity contribution < 1.29 is 17.7 Å². The second-order valence-electron chi connectivity index (χ2n) is 7.41. The molecule has 0 unspecified atom stereocenters. The molecule has 0 bridgehead atoms. The molecule has 1 aliphatic carbocycles. The Kier molecular flexibility index (Phi) is 5.40. The van der Waals surface area contributed by atoms with Crippen LogP contribution in [0.2, 0.25) is 0 Å². The van der Waals surface area contributed by atoms with E-state index in [9.17, 15) is 13.2 Å². The quantitative estimate of drug-likeness (QED) is 0.600. The van der Waals surface area contributed by atoms with E-state index in [0.717, 1.165) is 12.8 Å². The largest absolute Gasteiger partial charge is 0.339 e. The zero-order chi connectivity index (χ0) is 21.3. The molecule has 1 saturated carbocycles. The number of aryl methyl sites for hydroxylation is 1. The highest BCUT2D eigenvalue weighted by molar-refractivity contribution is 7.89. The van der Waals surface area contributed by atoms with Gasteiger partial charge in [0.25, 0.3) is 0 Å². The van der Waals surface area contributed by atoms with Gasteiger partial charge in [-0.05, 0) is 50.5 Å². The topological polar surface area (TPSA) is 114 Å². The lowest BCUT2D eigenvalue weighted by Gasteiger charge is -2.16. The first kappa shape index (κ1) is 20.2. The zero-order valence-electron chi connectivity index (χ0n) is 16.6. The van der Waals surface area contributed by atoms with Crippen molar-refractivity contribution in [1.29, 1.82) is 0 Å². The number of carbonyl (C=O) groups is 1. The lowest BCUT2D eigenvalue weighted by atomic mass is 10.1. The third-order valence-electron chi connectivity index (χ3n) is 4.87. The maximum atomic E-state index is 13.0. The first-order valence-corrected chi connectivity index (χ1v) is 11.1. The number of para-hydroxylation sites is 1. The lowest BCUT2D eigenvalue weighted by Crippen LogP contribution is -2.41. The van der Waals surface area contributed by atoms with Crippen molar-refractivity contribution in [3.8, 4) is 11.4 Å². The van der Waals surface area contributed by atoms with Crippen LogP contribution < -0.4 is 10.0 Å². The van der Waals surface area contributed by atoms with E-state index in [1.54, 1.807) is 43.3 Å². The number of aromatic nitrogens is 2. The summed E-state index contributed by atoms with van der Waals surface area (Å²) in [5, 5.41) is 6.66. The van der Waals surface area contributed by atoms with E-state index in [1.165, 1.54) is 13.0 Å². The highest BCUT2D eigenvalue weighted by atomic mass is 32.2. The molecule has 9 heteroatoms. The molecule has 0 saturated heterocycles. The number of benzene rings is 2. The Balaban J connectivity index is 1.53. The third-order valence-corrected chi connectivity index (χ3v) is 6.55. The number of anilines is 1. The molecule has 4 rings (SSSR count). The summed E-state index contributed by atoms with van der Waals surface area (Å²) in [6.45, 7) is 3.19. The van der Waals surface area contributed by atoms with Crippen LogP contribution in [0, 0.1) is 6.92 Å². The van der Waals surface area contributed by atoms with Crippen LogP contribution >= 0.6 is 0 Å². The minimum absolute atomic E-state index is 0.0668. The summed E-state index contributed by atoms with van der Waals surface area (Å²) in [7, 11) is -3.95. The minimum Gasteiger partial charge on any atom is -0.339 e. The van der Waals surface area contributed by atoms with Crippen molar-refractivity contribution in [2.24, 2.45) is 0 Å². The summed E-state index contributed by atoms with van der Waals surface area (Å²) >= 11 is 0. The molecule has 3 aromatic rings. The molecule has 1 amide bonds. The monoisotopic (exact) mass is 426 g/mol. The van der Waals surface area contributed by atoms with Gasteiger partial charge in [-0.3, -0.25) is 4.79 Å². The molecule has 1 heterocycles. The number of sulfonamides is 1. The van der Waals surface area contributed by atoms with Gasteiger partial charge in [-0.25, -0.2) is 8.42 Å². The van der Waals surface area contributed by atoms with E-state index in [2.05, 4.69) is 20.2 Å². The van der Waals surface area contributed by atoms with Crippen LogP contribution in [0.1, 0.15) is 37.1 Å². The summed E-state index contributed by atoms with van der Waals surface area (Å²) in [6, 6.07) is 12.8. The number of nitrogens with zero attached hydrogens (tertiary/aromatic N) is 2. The predicted molar refractivity (Wildman–Crippen MR) is 111 cm³/mol. The normalized spacial score (nSPS) is 15.0. The fourth-order valence-corrected chi connectivity index (χ4v) is 4.47. The predicted octanol–water partition coefficient (Wildman–Crippen LogP) is 3.23. The molecule has 1 aromatic heterocycles. The van der Waals surface area contributed by atoms with E-state index in [1.807, 2.05) is 6.07 Å². The SMILES string of the molecule is Cc1ccc(-c2noc(C3CC3)n2)cc1S(=O)(=O)N[C@H](C)C(=O)Nc1ccccc1. The fourth-order valence-electron chi connectivity index (χ4n) is 3.00. The molecule has 1 atom stereocenters. The first-order chi connectivity index (χ1) is 14.3. The highest BCUT2D eigenvalue weighted by Crippen LogP contribution is 2.39. The van der Waals surface area contributed by atoms with Gasteiger partial charge in [0.1, 0.15) is 0 Å². The molecule has 1 fully saturated rings. The maximum absolute atomic E-state index is 13.0. The smallest absolute Gasteiger partial charge is 0.242 e. The lowest BCUT2D eigenvalue weighted by molar-refractivity contribution is -0.117. The third kappa shape index (κ3) is 4.42. The van der Waals surface area contributed by atoms with Crippen molar-refractivity contribution >= 4 is 21.6 Å². The number of hydrogen-bond donors (Lipinski definition) is 2. The number of hydrogen-bond acceptors (Lipinski definition) is 6. The van der Waals surface area contributed by atoms with Crippen molar-refractivity contribution in [3.63, 3.8) is 0 Å². The Hall–Kier alpha value is -3.04. The molecular weight excluding hydrogens is 404 g/mol. The molecular formula is C21H22N4O4S. The first-order valence-electron chi connectivity index (χ1n) is 9.66. The average molecular weight is 426 g/mol. The molecule has 0 aliphatic heterocycles. The van der Waals surface area contributed by atoms with Crippen LogP contribution in [0.4, 0.5) is 5.69 Å². The Morgan fingerprint density at radius 2 is 1.90 bits per heavy atom. The standard InChI is InChI=1S/C21H22N4O4S/c1-13-8-9-16(19-23-21(29-24-19)15-10-11-15)12-18(13)30(27,28)25-14(2)20(26)22-17-6-4-3-5-7-17/h3-9,12,14-15,25H,10-11H2,1-2H3,(H,22,26)/t14-/m1/s1. The van der Waals surface area contributed by atoms with Crippen LogP contribution in [0.15, 0.2) is 57.9 Å². The Bertz CT molecular complexity index is 1170. The number of rotatable bonds is 7. The second kappa shape index (κ2) is 8.00. The molecule has 30 heavy (non-hydrogen) atoms. The number of nitrogens with one attached hydrogen (secondary N) is 2. The van der Waals surface area contributed by atoms with Crippen molar-refractivity contribution in [1.82, 2.24) is 14.9 Å². The van der Waals surface area contributed by atoms with Crippen molar-refractivity contribution in [2.75, 3.05) is 5.32 Å². The number of carbonyl (C=O) groups excluding carboxylic acids is 1. The average Bonchev–Trinajstić information content (AvgIpc) is 3.45. The summed E-state index contributed by atoms with van der Waals surface area (Å²) < 4.78 is 33.7. The van der Waals surface area contributed by atoms with Crippen LogP contribution in [-0.4, -0.2) is 30.5 Å². The summed E-state index contributed by atoms with van der Waals surface area (Å²) in [5.41, 5.74) is 1.68. The van der Waals surface area contributed by atoms with Crippen LogP contribution in [-0.2, 0) is 14.8 Å². The van der Waals surface area contributed by atoms with E-state index in [0.29, 0.717) is 34.4 Å². The van der Waals surface area contributed by atoms with Gasteiger partial charge in [-0.2, -0.15) is 9.71 Å². The molecule has 0 spiro atoms. The number of amides is 1. The molecule has 8 nitrogen and oxygen atoms in total. The van der Waals surface area contributed by atoms with Gasteiger partial charge in [-0.15, -0.1) is 0 Å². The van der Waals surface area contributed by atoms with Crippen LogP contribution in [0.3, 0.4) is 0 Å². The molecule has 1 aliphatic rings. The van der Waals surface area contributed by atoms with Crippen molar-refractivity contribution in [3.05, 3.63) is 60.0 Å². The Labute approximate surface area is 174 Å². The fraction of sp³-hybridized carbons (Fsp3) is 0.286. The summed E-state index contributed by atoms with van der Waals surface area (Å²) in [4.78, 5) is 16.8. The highest BCUT2D eigenvalue weighted by Gasteiger charge is 2.30. The van der Waals surface area contributed by atoms with Gasteiger partial charge in [-0.1, -0.05) is 35.5 Å². The van der Waals surface area contributed by atoms with E-state index in [4.69, 9.17) is 4.52 Å². The van der Waals surface area contributed by atoms with E-state index >= 15 is 0 Å². The molecule has 156 valence electrons. The molecule has 2 N–H and O–H groups in total. The summed E-state index contributed by atoms with van der Waals surface area (Å²) in [5.74, 6) is 0.791. The Morgan fingerprint density at radius 3 is 2.60 bits per heavy atom. The minimum atomic E-state index is -3.95. The molecule has 0 radical (unpaired) electrons. The molecule has 2 aromatic carbocycles. The van der Waals surface area contributed by atoms with Gasteiger partial charge >= 0.3 is 0 Å². The zero-order valence-corrected chi connectivity index (χ0v) is 17.4. The van der Waals surface area contributed by atoms with E-state index in [-0.39, 0.29) is 4.90 Å². The van der Waals surface area contributed by atoms with Gasteiger partial charge in [0, 0.05) is 17.2 Å². The van der Waals surface area contributed by atoms with Gasteiger partial charge in [0.15, 0.2) is 0 Å². The Morgan fingerprint density at radius 1 is 1.17 bits per heavy atom. The van der Waals surface area contributed by atoms with E-state index < -0.39 is 22.0 Å². The summed E-state index contributed by atoms with van der Waals surface area (Å²) in [6.07, 6.45) is 2.06. The van der Waals surface area contributed by atoms with Gasteiger partial charge in [0.2, 0.25) is 27.6 Å².